The molecule has 2 N–H and O–H groups in total. The van der Waals surface area contributed by atoms with Gasteiger partial charge in [-0.2, -0.15) is 0 Å². The molecule has 0 fully saturated rings. The summed E-state index contributed by atoms with van der Waals surface area (Å²) in [6, 6.07) is 0. The monoisotopic (exact) mass is 143 g/mol. The largest absolute Gasteiger partial charge is 0.398 e. The van der Waals surface area contributed by atoms with Crippen LogP contribution < -0.4 is 5.73 Å². The molecule has 3 heteroatoms. The molecule has 0 spiro atoms. The average Bonchev–Trinajstić information content (AvgIpc) is 1.84. The zero-order valence-electron chi connectivity index (χ0n) is 5.22. The number of carbonyl (C=O) groups is 1. The summed E-state index contributed by atoms with van der Waals surface area (Å²) < 4.78 is 0. The van der Waals surface area contributed by atoms with Gasteiger partial charge in [-0.3, -0.25) is 4.79 Å². The summed E-state index contributed by atoms with van der Waals surface area (Å²) in [7, 11) is 0. The molecule has 0 aliphatic carbocycles. The van der Waals surface area contributed by atoms with Crippen LogP contribution in [-0.2, 0) is 4.79 Å². The molecule has 0 saturated heterocycles. The van der Waals surface area contributed by atoms with Crippen LogP contribution in [0, 0.1) is 0 Å². The van der Waals surface area contributed by atoms with E-state index in [9.17, 15) is 4.79 Å². The quantitative estimate of drug-likeness (QED) is 0.342. The second-order valence-electron chi connectivity index (χ2n) is 1.56. The highest BCUT2D eigenvalue weighted by Crippen LogP contribution is 2.05. The van der Waals surface area contributed by atoms with Crippen LogP contribution in [0.15, 0.2) is 23.3 Å². The van der Waals surface area contributed by atoms with Crippen LogP contribution in [0.4, 0.5) is 0 Å². The predicted octanol–water partition coefficient (Wildman–Crippen LogP) is 0.861. The van der Waals surface area contributed by atoms with Gasteiger partial charge in [0, 0.05) is 5.70 Å². The Labute approximate surface area is 59.8 Å². The van der Waals surface area contributed by atoms with Crippen LogP contribution in [0.3, 0.4) is 0 Å². The minimum Gasteiger partial charge on any atom is -0.398 e. The summed E-state index contributed by atoms with van der Waals surface area (Å²) in [6.07, 6.45) is 1.39. The third kappa shape index (κ3) is 2.37. The van der Waals surface area contributed by atoms with Crippen molar-refractivity contribution >= 4 is 18.4 Å². The molecule has 0 unspecified atom stereocenters. The van der Waals surface area contributed by atoms with Gasteiger partial charge in [0.25, 0.3) is 0 Å². The van der Waals surface area contributed by atoms with Gasteiger partial charge in [-0.15, -0.1) is 12.6 Å². The maximum Gasteiger partial charge on any atom is 0.167 e. The van der Waals surface area contributed by atoms with Gasteiger partial charge < -0.3 is 5.73 Å². The van der Waals surface area contributed by atoms with Gasteiger partial charge >= 0.3 is 0 Å². The normalized spacial score (nSPS) is 12.2. The molecule has 0 heterocycles. The molecule has 2 nitrogen and oxygen atoms in total. The molecule has 0 aliphatic heterocycles. The van der Waals surface area contributed by atoms with E-state index in [2.05, 4.69) is 19.2 Å². The van der Waals surface area contributed by atoms with E-state index in [0.717, 1.165) is 0 Å². The lowest BCUT2D eigenvalue weighted by atomic mass is 10.3. The van der Waals surface area contributed by atoms with E-state index in [0.29, 0.717) is 5.70 Å². The minimum absolute atomic E-state index is 0.143. The lowest BCUT2D eigenvalue weighted by Gasteiger charge is -1.94. The number of rotatable bonds is 2. The smallest absolute Gasteiger partial charge is 0.167 e. The average molecular weight is 143 g/mol. The van der Waals surface area contributed by atoms with Crippen molar-refractivity contribution < 1.29 is 4.79 Å². The maximum absolute atomic E-state index is 10.5. The molecule has 0 saturated carbocycles. The summed E-state index contributed by atoms with van der Waals surface area (Å²) in [5, 5.41) is 0. The highest BCUT2D eigenvalue weighted by molar-refractivity contribution is 7.85. The molecular weight excluding hydrogens is 134 g/mol. The number of thiol groups is 1. The van der Waals surface area contributed by atoms with Crippen molar-refractivity contribution in [3.05, 3.63) is 23.3 Å². The molecule has 0 radical (unpaired) electrons. The van der Waals surface area contributed by atoms with E-state index in [1.807, 2.05) is 0 Å². The fraction of sp³-hybridized carbons (Fsp3) is 0.167. The van der Waals surface area contributed by atoms with E-state index in [1.54, 1.807) is 0 Å². The number of Topliss-reactive ketones (excluding diaryl/α,β-unsaturated/α-hetero) is 1. The van der Waals surface area contributed by atoms with Crippen LogP contribution in [0.5, 0.6) is 0 Å². The van der Waals surface area contributed by atoms with Crippen molar-refractivity contribution in [3.63, 3.8) is 0 Å². The number of ketones is 1. The minimum atomic E-state index is -0.143. The van der Waals surface area contributed by atoms with Gasteiger partial charge in [-0.25, -0.2) is 0 Å². The van der Waals surface area contributed by atoms with Gasteiger partial charge in [0.1, 0.15) is 0 Å². The number of carbonyl (C=O) groups excluding carboxylic acids is 1. The summed E-state index contributed by atoms with van der Waals surface area (Å²) in [5.41, 5.74) is 5.61. The standard InChI is InChI=1S/C6H9NOS/c1-3-5(7)6(9)4(2)8/h3,9H,1,7H2,2H3/b6-5+. The summed E-state index contributed by atoms with van der Waals surface area (Å²) >= 11 is 3.83. The van der Waals surface area contributed by atoms with Gasteiger partial charge in [-0.05, 0) is 13.0 Å². The zero-order valence-corrected chi connectivity index (χ0v) is 6.11. The SMILES string of the molecule is C=C/C(N)=C(\S)C(C)=O. The maximum atomic E-state index is 10.5. The Morgan fingerprint density at radius 1 is 1.78 bits per heavy atom. The first kappa shape index (κ1) is 8.30. The zero-order chi connectivity index (χ0) is 7.44. The van der Waals surface area contributed by atoms with Crippen LogP contribution in [-0.4, -0.2) is 5.78 Å². The molecule has 0 aliphatic rings. The summed E-state index contributed by atoms with van der Waals surface area (Å²) in [6.45, 7) is 4.78. The number of nitrogens with two attached hydrogens (primary N) is 1. The Kier molecular flexibility index (Phi) is 3.09. The van der Waals surface area contributed by atoms with E-state index < -0.39 is 0 Å². The second kappa shape index (κ2) is 3.35. The first-order valence-electron chi connectivity index (χ1n) is 2.41. The van der Waals surface area contributed by atoms with Crippen LogP contribution in [0.2, 0.25) is 0 Å². The molecule has 0 amide bonds. The number of hydrogen-bond acceptors (Lipinski definition) is 3. The fourth-order valence-electron chi connectivity index (χ4n) is 0.300. The lowest BCUT2D eigenvalue weighted by Crippen LogP contribution is -2.01. The van der Waals surface area contributed by atoms with Crippen molar-refractivity contribution in [3.8, 4) is 0 Å². The van der Waals surface area contributed by atoms with Gasteiger partial charge in [0.05, 0.1) is 4.91 Å². The number of hydrogen-bond donors (Lipinski definition) is 2. The highest BCUT2D eigenvalue weighted by atomic mass is 32.1. The Balaban J connectivity index is 4.47. The first-order chi connectivity index (χ1) is 4.09. The van der Waals surface area contributed by atoms with E-state index in [1.165, 1.54) is 13.0 Å². The summed E-state index contributed by atoms with van der Waals surface area (Å²) in [4.78, 5) is 10.8. The van der Waals surface area contributed by atoms with Crippen LogP contribution in [0.25, 0.3) is 0 Å². The number of allylic oxidation sites excluding steroid dienone is 2. The molecule has 50 valence electrons. The molecule has 0 aromatic carbocycles. The molecular formula is C6H9NOS. The van der Waals surface area contributed by atoms with Crippen molar-refractivity contribution in [1.82, 2.24) is 0 Å². The van der Waals surface area contributed by atoms with Gasteiger partial charge in [0.15, 0.2) is 5.78 Å². The predicted molar refractivity (Wildman–Crippen MR) is 41.1 cm³/mol. The van der Waals surface area contributed by atoms with Gasteiger partial charge in [0.2, 0.25) is 0 Å². The molecule has 0 rings (SSSR count). The Hall–Kier alpha value is -0.700. The van der Waals surface area contributed by atoms with Crippen LogP contribution >= 0.6 is 12.6 Å². The fourth-order valence-corrected chi connectivity index (χ4v) is 0.391. The lowest BCUT2D eigenvalue weighted by molar-refractivity contribution is -0.113. The molecule has 0 bridgehead atoms. The van der Waals surface area contributed by atoms with E-state index in [-0.39, 0.29) is 10.7 Å². The molecule has 0 aromatic rings. The topological polar surface area (TPSA) is 43.1 Å². The van der Waals surface area contributed by atoms with Crippen molar-refractivity contribution in [2.24, 2.45) is 5.73 Å². The van der Waals surface area contributed by atoms with E-state index >= 15 is 0 Å². The van der Waals surface area contributed by atoms with E-state index in [4.69, 9.17) is 5.73 Å². The third-order valence-corrected chi connectivity index (χ3v) is 1.40. The Bertz CT molecular complexity index is 172. The van der Waals surface area contributed by atoms with Crippen molar-refractivity contribution in [2.75, 3.05) is 0 Å². The molecule has 0 atom stereocenters. The molecule has 0 aromatic heterocycles. The Morgan fingerprint density at radius 3 is 2.33 bits per heavy atom. The summed E-state index contributed by atoms with van der Waals surface area (Å²) in [5.74, 6) is -0.143. The second-order valence-corrected chi connectivity index (χ2v) is 2.01. The van der Waals surface area contributed by atoms with Crippen molar-refractivity contribution in [2.45, 2.75) is 6.92 Å². The third-order valence-electron chi connectivity index (χ3n) is 0.827. The van der Waals surface area contributed by atoms with Crippen LogP contribution in [0.1, 0.15) is 6.92 Å². The highest BCUT2D eigenvalue weighted by Gasteiger charge is 1.99. The molecule has 9 heavy (non-hydrogen) atoms. The van der Waals surface area contributed by atoms with Gasteiger partial charge in [-0.1, -0.05) is 6.58 Å². The Morgan fingerprint density at radius 2 is 2.22 bits per heavy atom. The van der Waals surface area contributed by atoms with Crippen molar-refractivity contribution in [1.29, 1.82) is 0 Å². The first-order valence-corrected chi connectivity index (χ1v) is 2.86.